The molecule has 7 heteroatoms. The molecular weight excluding hydrogens is 334 g/mol. The summed E-state index contributed by atoms with van der Waals surface area (Å²) >= 11 is 3.37. The first-order chi connectivity index (χ1) is 10.1. The van der Waals surface area contributed by atoms with E-state index in [2.05, 4.69) is 31.2 Å². The predicted molar refractivity (Wildman–Crippen MR) is 82.6 cm³/mol. The predicted octanol–water partition coefficient (Wildman–Crippen LogP) is 3.20. The minimum atomic E-state index is -0.140. The number of rotatable bonds is 3. The quantitative estimate of drug-likeness (QED) is 0.735. The molecule has 1 unspecified atom stereocenters. The van der Waals surface area contributed by atoms with E-state index >= 15 is 0 Å². The standard InChI is InChI=1S/C14H14BrN5O/c1-8-11(4-3-5-12(8)16)13-18-14(21-19-13)9(2)20-7-10(15)6-17-20/h3-7,9H,16H2,1-2H3. The lowest BCUT2D eigenvalue weighted by atomic mass is 10.1. The molecule has 2 N–H and O–H groups in total. The van der Waals surface area contributed by atoms with Crippen molar-refractivity contribution in [3.05, 3.63) is 46.5 Å². The second-order valence-corrected chi connectivity index (χ2v) is 5.71. The summed E-state index contributed by atoms with van der Waals surface area (Å²) in [5.41, 5.74) is 8.44. The maximum Gasteiger partial charge on any atom is 0.251 e. The fraction of sp³-hybridized carbons (Fsp3) is 0.214. The van der Waals surface area contributed by atoms with E-state index in [1.54, 1.807) is 10.9 Å². The molecule has 0 amide bonds. The largest absolute Gasteiger partial charge is 0.398 e. The summed E-state index contributed by atoms with van der Waals surface area (Å²) in [6.07, 6.45) is 3.58. The Bertz CT molecular complexity index is 779. The maximum atomic E-state index is 5.91. The van der Waals surface area contributed by atoms with Gasteiger partial charge in [-0.05, 0) is 41.4 Å². The molecule has 21 heavy (non-hydrogen) atoms. The average Bonchev–Trinajstić information content (AvgIpc) is 3.10. The first-order valence-electron chi connectivity index (χ1n) is 6.45. The van der Waals surface area contributed by atoms with E-state index in [0.717, 1.165) is 15.6 Å². The van der Waals surface area contributed by atoms with Crippen LogP contribution in [0.4, 0.5) is 5.69 Å². The van der Waals surface area contributed by atoms with Gasteiger partial charge in [-0.2, -0.15) is 10.1 Å². The zero-order valence-corrected chi connectivity index (χ0v) is 13.2. The molecule has 0 aliphatic carbocycles. The summed E-state index contributed by atoms with van der Waals surface area (Å²) in [6, 6.07) is 5.51. The van der Waals surface area contributed by atoms with E-state index in [1.165, 1.54) is 0 Å². The Kier molecular flexibility index (Phi) is 3.50. The van der Waals surface area contributed by atoms with Crippen molar-refractivity contribution in [2.45, 2.75) is 19.9 Å². The number of nitrogens with two attached hydrogens (primary N) is 1. The number of nitrogens with zero attached hydrogens (tertiary/aromatic N) is 4. The zero-order valence-electron chi connectivity index (χ0n) is 11.6. The smallest absolute Gasteiger partial charge is 0.251 e. The van der Waals surface area contributed by atoms with Crippen molar-refractivity contribution in [2.24, 2.45) is 0 Å². The van der Waals surface area contributed by atoms with Crippen LogP contribution in [-0.4, -0.2) is 19.9 Å². The Balaban J connectivity index is 1.95. The van der Waals surface area contributed by atoms with Crippen LogP contribution in [0.5, 0.6) is 0 Å². The molecule has 0 saturated heterocycles. The van der Waals surface area contributed by atoms with Gasteiger partial charge in [0.25, 0.3) is 5.89 Å². The molecule has 108 valence electrons. The van der Waals surface area contributed by atoms with E-state index in [0.29, 0.717) is 17.4 Å². The second kappa shape index (κ2) is 5.33. The van der Waals surface area contributed by atoms with Crippen molar-refractivity contribution in [3.63, 3.8) is 0 Å². The molecule has 3 rings (SSSR count). The molecule has 0 bridgehead atoms. The molecule has 0 spiro atoms. The van der Waals surface area contributed by atoms with Crippen LogP contribution in [-0.2, 0) is 0 Å². The number of hydrogen-bond donors (Lipinski definition) is 1. The Hall–Kier alpha value is -2.15. The molecular formula is C14H14BrN5O. The van der Waals surface area contributed by atoms with Crippen molar-refractivity contribution in [2.75, 3.05) is 5.73 Å². The SMILES string of the molecule is Cc1c(N)cccc1-c1noc(C(C)n2cc(Br)cn2)n1. The molecule has 0 radical (unpaired) electrons. The first kappa shape index (κ1) is 13.8. The number of nitrogen functional groups attached to an aromatic ring is 1. The summed E-state index contributed by atoms with van der Waals surface area (Å²) < 4.78 is 8.02. The van der Waals surface area contributed by atoms with Crippen LogP contribution in [0, 0.1) is 6.92 Å². The summed E-state index contributed by atoms with van der Waals surface area (Å²) in [6.45, 7) is 3.89. The van der Waals surface area contributed by atoms with Gasteiger partial charge >= 0.3 is 0 Å². The highest BCUT2D eigenvalue weighted by Crippen LogP contribution is 2.26. The monoisotopic (exact) mass is 347 g/mol. The third kappa shape index (κ3) is 2.56. The topological polar surface area (TPSA) is 82.8 Å². The van der Waals surface area contributed by atoms with Gasteiger partial charge in [-0.3, -0.25) is 4.68 Å². The van der Waals surface area contributed by atoms with Gasteiger partial charge in [0.15, 0.2) is 0 Å². The van der Waals surface area contributed by atoms with Crippen molar-refractivity contribution in [1.82, 2.24) is 19.9 Å². The van der Waals surface area contributed by atoms with Crippen molar-refractivity contribution < 1.29 is 4.52 Å². The number of benzene rings is 1. The summed E-state index contributed by atoms with van der Waals surface area (Å²) in [4.78, 5) is 4.46. The van der Waals surface area contributed by atoms with E-state index in [1.807, 2.05) is 38.2 Å². The van der Waals surface area contributed by atoms with Crippen LogP contribution in [0.1, 0.15) is 24.4 Å². The molecule has 0 saturated carbocycles. The Morgan fingerprint density at radius 1 is 1.38 bits per heavy atom. The van der Waals surface area contributed by atoms with E-state index in [-0.39, 0.29) is 6.04 Å². The Morgan fingerprint density at radius 2 is 2.19 bits per heavy atom. The summed E-state index contributed by atoms with van der Waals surface area (Å²) in [5.74, 6) is 1.04. The number of hydrogen-bond acceptors (Lipinski definition) is 5. The molecule has 0 fully saturated rings. The summed E-state index contributed by atoms with van der Waals surface area (Å²) in [5, 5.41) is 8.28. The van der Waals surface area contributed by atoms with Crippen LogP contribution in [0.25, 0.3) is 11.4 Å². The van der Waals surface area contributed by atoms with Gasteiger partial charge in [0.2, 0.25) is 5.82 Å². The average molecular weight is 348 g/mol. The van der Waals surface area contributed by atoms with E-state index < -0.39 is 0 Å². The van der Waals surface area contributed by atoms with Gasteiger partial charge in [0.1, 0.15) is 6.04 Å². The van der Waals surface area contributed by atoms with Gasteiger partial charge in [-0.1, -0.05) is 17.3 Å². The summed E-state index contributed by atoms with van der Waals surface area (Å²) in [7, 11) is 0. The molecule has 3 aromatic rings. The lowest BCUT2D eigenvalue weighted by Crippen LogP contribution is -2.07. The van der Waals surface area contributed by atoms with E-state index in [9.17, 15) is 0 Å². The lowest BCUT2D eigenvalue weighted by molar-refractivity contribution is 0.336. The lowest BCUT2D eigenvalue weighted by Gasteiger charge is -2.06. The van der Waals surface area contributed by atoms with Crippen LogP contribution in [0.2, 0.25) is 0 Å². The minimum Gasteiger partial charge on any atom is -0.398 e. The molecule has 0 aliphatic rings. The maximum absolute atomic E-state index is 5.91. The van der Waals surface area contributed by atoms with Crippen molar-refractivity contribution >= 4 is 21.6 Å². The highest BCUT2D eigenvalue weighted by atomic mass is 79.9. The third-order valence-electron chi connectivity index (χ3n) is 3.38. The molecule has 0 aliphatic heterocycles. The number of anilines is 1. The minimum absolute atomic E-state index is 0.140. The van der Waals surface area contributed by atoms with E-state index in [4.69, 9.17) is 10.3 Å². The van der Waals surface area contributed by atoms with Crippen molar-refractivity contribution in [3.8, 4) is 11.4 Å². The first-order valence-corrected chi connectivity index (χ1v) is 7.24. The number of aromatic nitrogens is 4. The van der Waals surface area contributed by atoms with Gasteiger partial charge in [-0.25, -0.2) is 0 Å². The normalized spacial score (nSPS) is 12.5. The van der Waals surface area contributed by atoms with Crippen LogP contribution in [0.3, 0.4) is 0 Å². The second-order valence-electron chi connectivity index (χ2n) is 4.79. The van der Waals surface area contributed by atoms with Gasteiger partial charge in [0, 0.05) is 17.4 Å². The highest BCUT2D eigenvalue weighted by molar-refractivity contribution is 9.10. The van der Waals surface area contributed by atoms with Crippen molar-refractivity contribution in [1.29, 1.82) is 0 Å². The molecule has 2 heterocycles. The zero-order chi connectivity index (χ0) is 15.0. The van der Waals surface area contributed by atoms with Crippen LogP contribution >= 0.6 is 15.9 Å². The number of halogens is 1. The molecule has 1 atom stereocenters. The fourth-order valence-electron chi connectivity index (χ4n) is 2.05. The van der Waals surface area contributed by atoms with Crippen LogP contribution < -0.4 is 5.73 Å². The highest BCUT2D eigenvalue weighted by Gasteiger charge is 2.18. The third-order valence-corrected chi connectivity index (χ3v) is 3.79. The van der Waals surface area contributed by atoms with Gasteiger partial charge < -0.3 is 10.3 Å². The Labute approximate surface area is 130 Å². The molecule has 1 aromatic carbocycles. The van der Waals surface area contributed by atoms with Crippen LogP contribution in [0.15, 0.2) is 39.6 Å². The van der Waals surface area contributed by atoms with Gasteiger partial charge in [-0.15, -0.1) is 0 Å². The van der Waals surface area contributed by atoms with Gasteiger partial charge in [0.05, 0.1) is 10.7 Å². The fourth-order valence-corrected chi connectivity index (χ4v) is 2.35. The molecule has 2 aromatic heterocycles. The Morgan fingerprint density at radius 3 is 2.90 bits per heavy atom. The molecule has 6 nitrogen and oxygen atoms in total.